The highest BCUT2D eigenvalue weighted by molar-refractivity contribution is 7.89. The summed E-state index contributed by atoms with van der Waals surface area (Å²) in [6.07, 6.45) is 1.21. The van der Waals surface area contributed by atoms with Crippen LogP contribution in [0.25, 0.3) is 0 Å². The summed E-state index contributed by atoms with van der Waals surface area (Å²) >= 11 is 0. The summed E-state index contributed by atoms with van der Waals surface area (Å²) in [5, 5.41) is 0. The number of aryl methyl sites for hydroxylation is 1. The number of carbonyl (C=O) groups excluding carboxylic acids is 1. The van der Waals surface area contributed by atoms with Crippen molar-refractivity contribution in [3.8, 4) is 0 Å². The topological polar surface area (TPSA) is 60.9 Å². The molecule has 1 aromatic carbocycles. The molecule has 6 nitrogen and oxygen atoms in total. The second kappa shape index (κ2) is 7.43. The van der Waals surface area contributed by atoms with Crippen molar-refractivity contribution in [3.05, 3.63) is 29.8 Å². The highest BCUT2D eigenvalue weighted by Crippen LogP contribution is 2.26. The molecule has 0 aliphatic carbocycles. The molecule has 2 fully saturated rings. The van der Waals surface area contributed by atoms with Gasteiger partial charge in [0.05, 0.1) is 4.90 Å². The van der Waals surface area contributed by atoms with Gasteiger partial charge in [-0.05, 0) is 38.4 Å². The van der Waals surface area contributed by atoms with Crippen LogP contribution in [-0.2, 0) is 14.8 Å². The van der Waals surface area contributed by atoms with Crippen molar-refractivity contribution in [3.63, 3.8) is 0 Å². The van der Waals surface area contributed by atoms with E-state index in [0.717, 1.165) is 31.7 Å². The van der Waals surface area contributed by atoms with Crippen LogP contribution in [0.1, 0.15) is 18.4 Å². The summed E-state index contributed by atoms with van der Waals surface area (Å²) < 4.78 is 27.2. The van der Waals surface area contributed by atoms with Gasteiger partial charge in [-0.2, -0.15) is 4.31 Å². The Morgan fingerprint density at radius 3 is 2.20 bits per heavy atom. The molecule has 3 rings (SSSR count). The molecule has 1 aromatic rings. The van der Waals surface area contributed by atoms with Crippen molar-refractivity contribution in [2.45, 2.75) is 24.7 Å². The van der Waals surface area contributed by atoms with E-state index in [4.69, 9.17) is 0 Å². The van der Waals surface area contributed by atoms with E-state index >= 15 is 0 Å². The zero-order valence-electron chi connectivity index (χ0n) is 15.0. The smallest absolute Gasteiger partial charge is 0.243 e. The molecular weight excluding hydrogens is 338 g/mol. The van der Waals surface area contributed by atoms with E-state index in [9.17, 15) is 13.2 Å². The van der Waals surface area contributed by atoms with Crippen molar-refractivity contribution >= 4 is 15.9 Å². The molecule has 25 heavy (non-hydrogen) atoms. The molecule has 0 unspecified atom stereocenters. The first-order chi connectivity index (χ1) is 11.9. The lowest BCUT2D eigenvalue weighted by molar-refractivity contribution is -0.138. The van der Waals surface area contributed by atoms with E-state index in [-0.39, 0.29) is 11.8 Å². The van der Waals surface area contributed by atoms with E-state index in [1.807, 2.05) is 24.0 Å². The number of amides is 1. The Balaban J connectivity index is 1.62. The van der Waals surface area contributed by atoms with Gasteiger partial charge >= 0.3 is 0 Å². The van der Waals surface area contributed by atoms with Crippen LogP contribution < -0.4 is 0 Å². The molecule has 7 heteroatoms. The summed E-state index contributed by atoms with van der Waals surface area (Å²) in [6.45, 7) is 6.02. The van der Waals surface area contributed by atoms with Crippen molar-refractivity contribution < 1.29 is 13.2 Å². The predicted molar refractivity (Wildman–Crippen MR) is 96.7 cm³/mol. The SMILES string of the molecule is Cc1ccccc1S(=O)(=O)N1CCC(C(=O)N2CCN(C)CC2)CC1. The first-order valence-electron chi connectivity index (χ1n) is 8.92. The fraction of sp³-hybridized carbons (Fsp3) is 0.611. The van der Waals surface area contributed by atoms with Gasteiger partial charge in [-0.1, -0.05) is 18.2 Å². The minimum absolute atomic E-state index is 0.0493. The number of sulfonamides is 1. The highest BCUT2D eigenvalue weighted by Gasteiger charge is 2.34. The average molecular weight is 365 g/mol. The van der Waals surface area contributed by atoms with Gasteiger partial charge < -0.3 is 9.80 Å². The Bertz CT molecular complexity index is 719. The van der Waals surface area contributed by atoms with E-state index < -0.39 is 10.0 Å². The third-order valence-corrected chi connectivity index (χ3v) is 7.39. The minimum Gasteiger partial charge on any atom is -0.340 e. The molecular formula is C18H27N3O3S. The number of piperazine rings is 1. The van der Waals surface area contributed by atoms with Crippen LogP contribution in [0.2, 0.25) is 0 Å². The lowest BCUT2D eigenvalue weighted by atomic mass is 9.96. The van der Waals surface area contributed by atoms with Crippen LogP contribution in [0.15, 0.2) is 29.2 Å². The fourth-order valence-corrected chi connectivity index (χ4v) is 5.31. The molecule has 0 spiro atoms. The molecule has 0 atom stereocenters. The normalized spacial score (nSPS) is 21.4. The van der Waals surface area contributed by atoms with E-state index in [2.05, 4.69) is 11.9 Å². The molecule has 0 saturated carbocycles. The number of likely N-dealkylation sites (N-methyl/N-ethyl adjacent to an activating group) is 1. The standard InChI is InChI=1S/C18H27N3O3S/c1-15-5-3-4-6-17(15)25(23,24)21-9-7-16(8-10-21)18(22)20-13-11-19(2)12-14-20/h3-6,16H,7-14H2,1-2H3. The van der Waals surface area contributed by atoms with Crippen LogP contribution >= 0.6 is 0 Å². The Hall–Kier alpha value is -1.44. The molecule has 1 amide bonds. The zero-order valence-corrected chi connectivity index (χ0v) is 15.8. The first kappa shape index (κ1) is 18.4. The van der Waals surface area contributed by atoms with E-state index in [1.54, 1.807) is 12.1 Å². The van der Waals surface area contributed by atoms with Crippen LogP contribution in [0.5, 0.6) is 0 Å². The molecule has 0 aromatic heterocycles. The predicted octanol–water partition coefficient (Wildman–Crippen LogP) is 1.17. The summed E-state index contributed by atoms with van der Waals surface area (Å²) in [6, 6.07) is 7.07. The van der Waals surface area contributed by atoms with Crippen LogP contribution in [0.4, 0.5) is 0 Å². The molecule has 138 valence electrons. The fourth-order valence-electron chi connectivity index (χ4n) is 3.61. The summed E-state index contributed by atoms with van der Waals surface area (Å²) in [5.74, 6) is 0.146. The van der Waals surface area contributed by atoms with Crippen LogP contribution in [0.3, 0.4) is 0 Å². The van der Waals surface area contributed by atoms with Gasteiger partial charge in [0.15, 0.2) is 0 Å². The number of hydrogen-bond donors (Lipinski definition) is 0. The molecule has 0 bridgehead atoms. The van der Waals surface area contributed by atoms with Crippen LogP contribution in [0, 0.1) is 12.8 Å². The number of piperidine rings is 1. The van der Waals surface area contributed by atoms with Gasteiger partial charge in [0.25, 0.3) is 0 Å². The van der Waals surface area contributed by atoms with Crippen molar-refractivity contribution in [2.24, 2.45) is 5.92 Å². The maximum absolute atomic E-state index is 12.8. The molecule has 2 heterocycles. The zero-order chi connectivity index (χ0) is 18.0. The second-order valence-electron chi connectivity index (χ2n) is 7.07. The monoisotopic (exact) mass is 365 g/mol. The van der Waals surface area contributed by atoms with Gasteiger partial charge in [0.1, 0.15) is 0 Å². The van der Waals surface area contributed by atoms with Crippen molar-refractivity contribution in [2.75, 3.05) is 46.3 Å². The number of carbonyl (C=O) groups is 1. The first-order valence-corrected chi connectivity index (χ1v) is 10.4. The quantitative estimate of drug-likeness (QED) is 0.807. The maximum Gasteiger partial charge on any atom is 0.243 e. The number of rotatable bonds is 3. The van der Waals surface area contributed by atoms with Gasteiger partial charge in [0, 0.05) is 45.2 Å². The summed E-state index contributed by atoms with van der Waals surface area (Å²) in [7, 11) is -1.41. The van der Waals surface area contributed by atoms with Gasteiger partial charge in [-0.25, -0.2) is 8.42 Å². The minimum atomic E-state index is -3.47. The molecule has 0 radical (unpaired) electrons. The third kappa shape index (κ3) is 3.88. The Morgan fingerprint density at radius 2 is 1.60 bits per heavy atom. The summed E-state index contributed by atoms with van der Waals surface area (Å²) in [4.78, 5) is 17.2. The third-order valence-electron chi connectivity index (χ3n) is 5.33. The van der Waals surface area contributed by atoms with Gasteiger partial charge in [0.2, 0.25) is 15.9 Å². The van der Waals surface area contributed by atoms with E-state index in [0.29, 0.717) is 30.8 Å². The van der Waals surface area contributed by atoms with E-state index in [1.165, 1.54) is 4.31 Å². The lowest BCUT2D eigenvalue weighted by Gasteiger charge is -2.37. The number of benzene rings is 1. The van der Waals surface area contributed by atoms with Crippen LogP contribution in [-0.4, -0.2) is 74.7 Å². The maximum atomic E-state index is 12.8. The van der Waals surface area contributed by atoms with Gasteiger partial charge in [-0.15, -0.1) is 0 Å². The Kier molecular flexibility index (Phi) is 5.46. The highest BCUT2D eigenvalue weighted by atomic mass is 32.2. The Labute approximate surface area is 150 Å². The summed E-state index contributed by atoms with van der Waals surface area (Å²) in [5.41, 5.74) is 0.762. The number of hydrogen-bond acceptors (Lipinski definition) is 4. The average Bonchev–Trinajstić information content (AvgIpc) is 2.62. The molecule has 2 aliphatic rings. The largest absolute Gasteiger partial charge is 0.340 e. The molecule has 2 aliphatic heterocycles. The second-order valence-corrected chi connectivity index (χ2v) is 8.98. The van der Waals surface area contributed by atoms with Crippen molar-refractivity contribution in [1.29, 1.82) is 0 Å². The molecule has 2 saturated heterocycles. The van der Waals surface area contributed by atoms with Gasteiger partial charge in [-0.3, -0.25) is 4.79 Å². The Morgan fingerprint density at radius 1 is 1.00 bits per heavy atom. The molecule has 0 N–H and O–H groups in total. The lowest BCUT2D eigenvalue weighted by Crippen LogP contribution is -2.51. The number of nitrogens with zero attached hydrogens (tertiary/aromatic N) is 3. The van der Waals surface area contributed by atoms with Crippen molar-refractivity contribution in [1.82, 2.24) is 14.1 Å².